The average Bonchev–Trinajstić information content (AvgIpc) is 2.61. The Kier molecular flexibility index (Phi) is 6.82. The molecule has 7 heteroatoms. The van der Waals surface area contributed by atoms with Crippen molar-refractivity contribution in [1.29, 1.82) is 0 Å². The highest BCUT2D eigenvalue weighted by Gasteiger charge is 2.33. The fourth-order valence-corrected chi connectivity index (χ4v) is 4.31. The zero-order valence-corrected chi connectivity index (χ0v) is 17.7. The molecule has 0 radical (unpaired) electrons. The van der Waals surface area contributed by atoms with Crippen molar-refractivity contribution in [1.82, 2.24) is 5.32 Å². The van der Waals surface area contributed by atoms with Crippen molar-refractivity contribution in [2.45, 2.75) is 46.2 Å². The van der Waals surface area contributed by atoms with Gasteiger partial charge in [-0.05, 0) is 56.0 Å². The van der Waals surface area contributed by atoms with Gasteiger partial charge in [0, 0.05) is 0 Å². The highest BCUT2D eigenvalue weighted by molar-refractivity contribution is 7.92. The minimum Gasteiger partial charge on any atom is -0.348 e. The van der Waals surface area contributed by atoms with Crippen LogP contribution in [0.2, 0.25) is 0 Å². The number of benzene rings is 2. The maximum Gasteiger partial charge on any atom is 0.244 e. The predicted molar refractivity (Wildman–Crippen MR) is 110 cm³/mol. The lowest BCUT2D eigenvalue weighted by Gasteiger charge is -2.31. The van der Waals surface area contributed by atoms with Crippen LogP contribution in [0.25, 0.3) is 0 Å². The molecule has 2 aromatic carbocycles. The van der Waals surface area contributed by atoms with Gasteiger partial charge >= 0.3 is 0 Å². The van der Waals surface area contributed by atoms with Crippen LogP contribution >= 0.6 is 0 Å². The van der Waals surface area contributed by atoms with Crippen LogP contribution in [-0.4, -0.2) is 26.6 Å². The van der Waals surface area contributed by atoms with Crippen molar-refractivity contribution in [3.63, 3.8) is 0 Å². The number of rotatable bonds is 7. The molecule has 28 heavy (non-hydrogen) atoms. The largest absolute Gasteiger partial charge is 0.348 e. The normalized spacial score (nSPS) is 13.6. The van der Waals surface area contributed by atoms with Gasteiger partial charge in [-0.25, -0.2) is 12.8 Å². The molecule has 0 saturated heterocycles. The number of carbonyl (C=O) groups is 1. The van der Waals surface area contributed by atoms with Gasteiger partial charge in [-0.1, -0.05) is 37.3 Å². The molecule has 1 N–H and O–H groups in total. The van der Waals surface area contributed by atoms with Gasteiger partial charge in [0.1, 0.15) is 11.9 Å². The molecule has 0 aromatic heterocycles. The number of hydrogen-bond acceptors (Lipinski definition) is 3. The van der Waals surface area contributed by atoms with Crippen molar-refractivity contribution in [2.75, 3.05) is 10.6 Å². The van der Waals surface area contributed by atoms with Crippen LogP contribution < -0.4 is 9.62 Å². The molecular formula is C21H27FN2O3S. The van der Waals surface area contributed by atoms with E-state index in [1.165, 1.54) is 18.2 Å². The second kappa shape index (κ2) is 8.73. The molecule has 0 aliphatic carbocycles. The Hall–Kier alpha value is -2.41. The monoisotopic (exact) mass is 406 g/mol. The minimum atomic E-state index is -3.88. The first kappa shape index (κ1) is 21.9. The number of aryl methyl sites for hydroxylation is 2. The van der Waals surface area contributed by atoms with Crippen molar-refractivity contribution in [3.8, 4) is 0 Å². The molecule has 0 fully saturated rings. The van der Waals surface area contributed by atoms with Gasteiger partial charge in [-0.2, -0.15) is 0 Å². The Morgan fingerprint density at radius 2 is 1.79 bits per heavy atom. The molecule has 2 rings (SSSR count). The van der Waals surface area contributed by atoms with Crippen molar-refractivity contribution >= 4 is 21.6 Å². The zero-order valence-electron chi connectivity index (χ0n) is 16.9. The van der Waals surface area contributed by atoms with E-state index < -0.39 is 27.8 Å². The molecule has 152 valence electrons. The molecule has 2 unspecified atom stereocenters. The first-order valence-electron chi connectivity index (χ1n) is 9.17. The SMILES string of the molecule is CCC(C(=O)NC(C)c1ccc(C)c(C)c1)N(c1ccccc1F)S(C)(=O)=O. The predicted octanol–water partition coefficient (Wildman–Crippen LogP) is 3.86. The molecule has 5 nitrogen and oxygen atoms in total. The number of hydrogen-bond donors (Lipinski definition) is 1. The Morgan fingerprint density at radius 1 is 1.14 bits per heavy atom. The van der Waals surface area contributed by atoms with Gasteiger partial charge in [-0.3, -0.25) is 9.10 Å². The number of halogens is 1. The molecule has 0 saturated carbocycles. The highest BCUT2D eigenvalue weighted by Crippen LogP contribution is 2.26. The van der Waals surface area contributed by atoms with Gasteiger partial charge in [0.15, 0.2) is 0 Å². The summed E-state index contributed by atoms with van der Waals surface area (Å²) in [5.74, 6) is -1.16. The van der Waals surface area contributed by atoms with Crippen LogP contribution in [0.4, 0.5) is 10.1 Å². The van der Waals surface area contributed by atoms with Crippen LogP contribution in [0, 0.1) is 19.7 Å². The Bertz CT molecular complexity index is 960. The van der Waals surface area contributed by atoms with Gasteiger partial charge in [0.2, 0.25) is 15.9 Å². The summed E-state index contributed by atoms with van der Waals surface area (Å²) in [4.78, 5) is 12.9. The van der Waals surface area contributed by atoms with Crippen molar-refractivity contribution < 1.29 is 17.6 Å². The first-order valence-corrected chi connectivity index (χ1v) is 11.0. The van der Waals surface area contributed by atoms with E-state index in [-0.39, 0.29) is 18.2 Å². The summed E-state index contributed by atoms with van der Waals surface area (Å²) >= 11 is 0. The fraction of sp³-hybridized carbons (Fsp3) is 0.381. The molecule has 0 heterocycles. The van der Waals surface area contributed by atoms with Crippen LogP contribution in [0.5, 0.6) is 0 Å². The molecule has 0 spiro atoms. The van der Waals surface area contributed by atoms with Crippen LogP contribution in [-0.2, 0) is 14.8 Å². The number of anilines is 1. The van der Waals surface area contributed by atoms with E-state index in [2.05, 4.69) is 5.32 Å². The van der Waals surface area contributed by atoms with Crippen LogP contribution in [0.1, 0.15) is 43.0 Å². The minimum absolute atomic E-state index is 0.133. The number of nitrogens with zero attached hydrogens (tertiary/aromatic N) is 1. The lowest BCUT2D eigenvalue weighted by atomic mass is 10.0. The number of para-hydroxylation sites is 1. The maximum absolute atomic E-state index is 14.3. The second-order valence-electron chi connectivity index (χ2n) is 7.01. The lowest BCUT2D eigenvalue weighted by Crippen LogP contribution is -2.50. The maximum atomic E-state index is 14.3. The Balaban J connectivity index is 2.34. The zero-order chi connectivity index (χ0) is 21.1. The summed E-state index contributed by atoms with van der Waals surface area (Å²) in [7, 11) is -3.88. The van der Waals surface area contributed by atoms with E-state index >= 15 is 0 Å². The van der Waals surface area contributed by atoms with Gasteiger partial charge in [0.05, 0.1) is 18.0 Å². The van der Waals surface area contributed by atoms with E-state index in [0.29, 0.717) is 0 Å². The van der Waals surface area contributed by atoms with Crippen molar-refractivity contribution in [3.05, 3.63) is 65.0 Å². The smallest absolute Gasteiger partial charge is 0.244 e. The summed E-state index contributed by atoms with van der Waals surface area (Å²) < 4.78 is 40.0. The number of sulfonamides is 1. The third kappa shape index (κ3) is 4.90. The second-order valence-corrected chi connectivity index (χ2v) is 8.87. The van der Waals surface area contributed by atoms with Gasteiger partial charge in [0.25, 0.3) is 0 Å². The lowest BCUT2D eigenvalue weighted by molar-refractivity contribution is -0.122. The summed E-state index contributed by atoms with van der Waals surface area (Å²) in [5.41, 5.74) is 3.04. The molecule has 2 aromatic rings. The molecule has 0 aliphatic rings. The van der Waals surface area contributed by atoms with Gasteiger partial charge < -0.3 is 5.32 Å². The summed E-state index contributed by atoms with van der Waals surface area (Å²) in [6.45, 7) is 7.53. The number of amides is 1. The highest BCUT2D eigenvalue weighted by atomic mass is 32.2. The summed E-state index contributed by atoms with van der Waals surface area (Å²) in [5, 5.41) is 2.87. The van der Waals surface area contributed by atoms with E-state index in [0.717, 1.165) is 27.3 Å². The van der Waals surface area contributed by atoms with Crippen LogP contribution in [0.3, 0.4) is 0 Å². The first-order chi connectivity index (χ1) is 13.1. The summed E-state index contributed by atoms with van der Waals surface area (Å²) in [6, 6.07) is 10.1. The standard InChI is InChI=1S/C21H27FN2O3S/c1-6-19(24(28(5,26)27)20-10-8-7-9-18(20)22)21(25)23-16(4)17-12-11-14(2)15(3)13-17/h7-13,16,19H,6H2,1-5H3,(H,23,25). The fourth-order valence-electron chi connectivity index (χ4n) is 3.09. The summed E-state index contributed by atoms with van der Waals surface area (Å²) in [6.07, 6.45) is 1.18. The molecule has 0 aliphatic heterocycles. The Labute approximate surface area is 166 Å². The Morgan fingerprint density at radius 3 is 2.32 bits per heavy atom. The van der Waals surface area contributed by atoms with Crippen molar-refractivity contribution in [2.24, 2.45) is 0 Å². The topological polar surface area (TPSA) is 66.5 Å². The molecule has 0 bridgehead atoms. The van der Waals surface area contributed by atoms with E-state index in [1.54, 1.807) is 13.0 Å². The van der Waals surface area contributed by atoms with Crippen LogP contribution in [0.15, 0.2) is 42.5 Å². The van der Waals surface area contributed by atoms with E-state index in [9.17, 15) is 17.6 Å². The third-order valence-electron chi connectivity index (χ3n) is 4.81. The number of nitrogens with one attached hydrogen (secondary N) is 1. The quantitative estimate of drug-likeness (QED) is 0.759. The van der Waals surface area contributed by atoms with E-state index in [1.807, 2.05) is 39.0 Å². The molecule has 1 amide bonds. The number of carbonyl (C=O) groups excluding carboxylic acids is 1. The average molecular weight is 407 g/mol. The van der Waals surface area contributed by atoms with Gasteiger partial charge in [-0.15, -0.1) is 0 Å². The van der Waals surface area contributed by atoms with E-state index in [4.69, 9.17) is 0 Å². The third-order valence-corrected chi connectivity index (χ3v) is 5.98. The molecule has 2 atom stereocenters. The molecular weight excluding hydrogens is 379 g/mol.